The number of rotatable bonds is 18. The van der Waals surface area contributed by atoms with Crippen LogP contribution in [0.25, 0.3) is 98.0 Å². The highest BCUT2D eigenvalue weighted by molar-refractivity contribution is 7.23. The van der Waals surface area contributed by atoms with Gasteiger partial charge in [0.15, 0.2) is 28.9 Å². The van der Waals surface area contributed by atoms with Crippen LogP contribution in [0.4, 0.5) is 4.39 Å². The number of aromatic nitrogens is 8. The number of H-pyrrole nitrogens is 1. The van der Waals surface area contributed by atoms with Gasteiger partial charge in [-0.15, -0.1) is 54.4 Å². The molecule has 0 radical (unpaired) electrons. The molecule has 16 rings (SSSR count). The van der Waals surface area contributed by atoms with Crippen molar-refractivity contribution in [1.29, 1.82) is 0 Å². The second kappa shape index (κ2) is 30.4. The highest BCUT2D eigenvalue weighted by Gasteiger charge is 2.29. The Kier molecular flexibility index (Phi) is 20.3. The van der Waals surface area contributed by atoms with Crippen molar-refractivity contribution in [2.45, 2.75) is 79.1 Å². The average Bonchev–Trinajstić information content (AvgIpc) is 1.62. The van der Waals surface area contributed by atoms with E-state index in [2.05, 4.69) is 112 Å². The third-order valence-corrected chi connectivity index (χ3v) is 21.2. The monoisotopic (exact) mass is 1430 g/mol. The number of aromatic hydroxyl groups is 3. The van der Waals surface area contributed by atoms with Crippen LogP contribution in [0.3, 0.4) is 0 Å². The van der Waals surface area contributed by atoms with Gasteiger partial charge in [0.1, 0.15) is 52.0 Å². The number of hydrogen-bond acceptors (Lipinski definition) is 16. The number of aryl methyl sites for hydroxylation is 3. The van der Waals surface area contributed by atoms with Gasteiger partial charge in [-0.3, -0.25) is 5.10 Å². The maximum Gasteiger partial charge on any atom is 0.240 e. The molecule has 0 spiro atoms. The summed E-state index contributed by atoms with van der Waals surface area (Å²) >= 11 is 4.79. The number of phenols is 3. The van der Waals surface area contributed by atoms with E-state index in [9.17, 15) is 19.7 Å². The molecule has 6 aromatic heterocycles. The lowest BCUT2D eigenvalue weighted by atomic mass is 9.96. The Labute approximate surface area is 612 Å². The first-order valence-corrected chi connectivity index (χ1v) is 36.5. The maximum atomic E-state index is 13.7. The lowest BCUT2D eigenvalue weighted by molar-refractivity contribution is 0.475. The molecular formula is C85H73FN8O7S3. The standard InChI is InChI=1S/C30H26N2O3S.C28H25N3O2S.C27H22FN3O2S/c1-18(2)23-5-3-4-6-24(23)29-28(25-15-12-21(33)17-26(25)36-29)34-22-13-7-19(8-14-22)9-16-27-31-32-30(35-27)20-10-11-20;1-17(2)22-6-4-5-7-23(22)28-27(24-14-11-20(32)16-25(24)34-28)33-21-12-8-19(9-13-21)10-15-26-29-18(3)30-31-26;1-16-14-19(28)7-11-22(16)27-26(23-12-8-20(32)15-24(23)34-27)33-21-9-4-18(5-10-21)6-13-25-30-29-17(2)31(25)3/h3-9,12-18,20,33H,10-11H2,1-2H3;4-17,32H,1-3H3,(H,29,30,31);4-15,32H,1-3H3/b16-9+;15-10+;13-6+. The Morgan fingerprint density at radius 1 is 0.500 bits per heavy atom. The fourth-order valence-corrected chi connectivity index (χ4v) is 15.6. The molecule has 0 atom stereocenters. The van der Waals surface area contributed by atoms with Crippen LogP contribution < -0.4 is 14.2 Å². The van der Waals surface area contributed by atoms with E-state index >= 15 is 0 Å². The molecule has 1 fully saturated rings. The van der Waals surface area contributed by atoms with Gasteiger partial charge in [-0.05, 0) is 217 Å². The van der Waals surface area contributed by atoms with E-state index in [1.165, 1.54) is 34.6 Å². The summed E-state index contributed by atoms with van der Waals surface area (Å²) < 4.78 is 43.6. The van der Waals surface area contributed by atoms with Crippen molar-refractivity contribution >= 4 is 101 Å². The van der Waals surface area contributed by atoms with E-state index in [1.807, 2.05) is 160 Å². The predicted molar refractivity (Wildman–Crippen MR) is 419 cm³/mol. The van der Waals surface area contributed by atoms with Gasteiger partial charge in [-0.25, -0.2) is 9.37 Å². The largest absolute Gasteiger partial charge is 0.508 e. The lowest BCUT2D eigenvalue weighted by Gasteiger charge is -2.14. The van der Waals surface area contributed by atoms with Crippen molar-refractivity contribution < 1.29 is 38.3 Å². The first-order valence-electron chi connectivity index (χ1n) is 34.1. The van der Waals surface area contributed by atoms with Gasteiger partial charge in [0, 0.05) is 49.3 Å². The molecule has 1 aliphatic carbocycles. The number of ether oxygens (including phenoxy) is 3. The SMILES string of the molecule is CC(C)c1ccccc1-c1sc2cc(O)ccc2c1Oc1ccc(/C=C/c2nnc(C3CC3)o2)cc1.Cc1cc(F)ccc1-c1sc2cc(O)ccc2c1Oc1ccc(/C=C/c2nnc(C)n2C)cc1.Cc1nc(/C=C/c2ccc(Oc3c(-c4ccccc4C(C)C)sc4cc(O)ccc34)cc2)n[nH]1. The van der Waals surface area contributed by atoms with Crippen molar-refractivity contribution in [3.63, 3.8) is 0 Å². The van der Waals surface area contributed by atoms with Crippen LogP contribution in [-0.4, -0.2) is 55.5 Å². The number of benzene rings is 9. The van der Waals surface area contributed by atoms with Crippen LogP contribution in [0, 0.1) is 26.6 Å². The Morgan fingerprint density at radius 3 is 1.38 bits per heavy atom. The Morgan fingerprint density at radius 2 is 0.952 bits per heavy atom. The van der Waals surface area contributed by atoms with E-state index in [4.69, 9.17) is 18.6 Å². The van der Waals surface area contributed by atoms with Crippen LogP contribution >= 0.6 is 34.0 Å². The molecule has 15 aromatic rings. The second-order valence-electron chi connectivity index (χ2n) is 26.0. The molecule has 9 aromatic carbocycles. The molecule has 15 nitrogen and oxygen atoms in total. The fraction of sp³-hybridized carbons (Fsp3) is 0.153. The molecule has 6 heterocycles. The van der Waals surface area contributed by atoms with Crippen molar-refractivity contribution in [2.24, 2.45) is 7.05 Å². The van der Waals surface area contributed by atoms with Gasteiger partial charge >= 0.3 is 0 Å². The van der Waals surface area contributed by atoms with Gasteiger partial charge in [-0.2, -0.15) is 5.10 Å². The van der Waals surface area contributed by atoms with Crippen molar-refractivity contribution in [1.82, 2.24) is 40.1 Å². The third kappa shape index (κ3) is 15.8. The van der Waals surface area contributed by atoms with E-state index in [-0.39, 0.29) is 23.1 Å². The number of hydrogen-bond donors (Lipinski definition) is 4. The molecule has 1 saturated carbocycles. The first kappa shape index (κ1) is 69.3. The van der Waals surface area contributed by atoms with Crippen LogP contribution in [0.1, 0.15) is 127 Å². The zero-order chi connectivity index (χ0) is 72.1. The van der Waals surface area contributed by atoms with Crippen LogP contribution in [0.5, 0.6) is 51.7 Å². The molecule has 0 unspecified atom stereocenters. The smallest absolute Gasteiger partial charge is 0.240 e. The van der Waals surface area contributed by atoms with Crippen LogP contribution in [0.15, 0.2) is 199 Å². The molecule has 520 valence electrons. The maximum absolute atomic E-state index is 13.7. The number of nitrogens with zero attached hydrogens (tertiary/aromatic N) is 7. The topological polar surface area (TPSA) is 200 Å². The summed E-state index contributed by atoms with van der Waals surface area (Å²) in [5, 5.41) is 56.4. The Hall–Kier alpha value is -11.8. The highest BCUT2D eigenvalue weighted by Crippen LogP contribution is 2.52. The number of fused-ring (bicyclic) bond motifs is 3. The summed E-state index contributed by atoms with van der Waals surface area (Å²) in [5.74, 6) is 10.4. The lowest BCUT2D eigenvalue weighted by Crippen LogP contribution is -1.93. The zero-order valence-electron chi connectivity index (χ0n) is 58.3. The van der Waals surface area contributed by atoms with Crippen molar-refractivity contribution in [2.75, 3.05) is 0 Å². The minimum Gasteiger partial charge on any atom is -0.508 e. The molecule has 4 N–H and O–H groups in total. The normalized spacial score (nSPS) is 12.3. The fourth-order valence-electron chi connectivity index (χ4n) is 11.9. The summed E-state index contributed by atoms with van der Waals surface area (Å²) in [6, 6.07) is 61.3. The minimum absolute atomic E-state index is 0.192. The van der Waals surface area contributed by atoms with Gasteiger partial charge < -0.3 is 38.5 Å². The molecule has 0 amide bonds. The molecule has 0 bridgehead atoms. The van der Waals surface area contributed by atoms with Crippen molar-refractivity contribution in [3.8, 4) is 83.1 Å². The van der Waals surface area contributed by atoms with E-state index < -0.39 is 0 Å². The summed E-state index contributed by atoms with van der Waals surface area (Å²) in [7, 11) is 1.93. The summed E-state index contributed by atoms with van der Waals surface area (Å²) in [4.78, 5) is 7.31. The van der Waals surface area contributed by atoms with E-state index in [1.54, 1.807) is 65.1 Å². The predicted octanol–water partition coefficient (Wildman–Crippen LogP) is 23.5. The molecule has 19 heteroatoms. The molecule has 0 aliphatic heterocycles. The molecule has 1 aliphatic rings. The third-order valence-electron chi connectivity index (χ3n) is 17.7. The van der Waals surface area contributed by atoms with Gasteiger partial charge in [-0.1, -0.05) is 131 Å². The molecule has 0 saturated heterocycles. The van der Waals surface area contributed by atoms with E-state index in [0.717, 1.165) is 143 Å². The summed E-state index contributed by atoms with van der Waals surface area (Å²) in [6.45, 7) is 14.5. The van der Waals surface area contributed by atoms with Gasteiger partial charge in [0.05, 0.1) is 14.6 Å². The van der Waals surface area contributed by atoms with Crippen LogP contribution in [-0.2, 0) is 7.05 Å². The van der Waals surface area contributed by atoms with E-state index in [0.29, 0.717) is 41.0 Å². The number of phenolic OH excluding ortho intramolecular Hbond substituents is 3. The molecule has 104 heavy (non-hydrogen) atoms. The molecular weight excluding hydrogens is 1360 g/mol. The van der Waals surface area contributed by atoms with Crippen molar-refractivity contribution in [3.05, 3.63) is 268 Å². The minimum atomic E-state index is -0.275. The second-order valence-corrected chi connectivity index (χ2v) is 29.1. The Balaban J connectivity index is 0.000000132. The average molecular weight is 1430 g/mol. The van der Waals surface area contributed by atoms with Crippen LogP contribution in [0.2, 0.25) is 0 Å². The van der Waals surface area contributed by atoms with Gasteiger partial charge in [0.2, 0.25) is 11.8 Å². The zero-order valence-corrected chi connectivity index (χ0v) is 60.7. The number of aromatic amines is 1. The first-order chi connectivity index (χ1) is 50.4. The Bertz CT molecular complexity index is 5680. The summed E-state index contributed by atoms with van der Waals surface area (Å²) in [5.41, 5.74) is 9.62. The number of thiophene rings is 3. The highest BCUT2D eigenvalue weighted by atomic mass is 32.1. The quantitative estimate of drug-likeness (QED) is 0.0633. The number of halogens is 1. The summed E-state index contributed by atoms with van der Waals surface area (Å²) in [6.07, 6.45) is 13.8. The van der Waals surface area contributed by atoms with Gasteiger partial charge in [0.25, 0.3) is 0 Å². The number of nitrogens with one attached hydrogen (secondary N) is 1.